The van der Waals surface area contributed by atoms with Crippen LogP contribution in [0.15, 0.2) is 70.6 Å². The van der Waals surface area contributed by atoms with E-state index < -0.39 is 81.3 Å². The van der Waals surface area contributed by atoms with Crippen molar-refractivity contribution in [3.05, 3.63) is 110 Å². The number of anilines is 1. The van der Waals surface area contributed by atoms with Crippen molar-refractivity contribution in [1.82, 2.24) is 9.13 Å². The second-order valence-corrected chi connectivity index (χ2v) is 12.8. The fourth-order valence-corrected chi connectivity index (χ4v) is 6.63. The zero-order valence-electron chi connectivity index (χ0n) is 25.3. The molecule has 3 heterocycles. The third-order valence-electron chi connectivity index (χ3n) is 9.49. The van der Waals surface area contributed by atoms with Gasteiger partial charge >= 0.3 is 11.9 Å². The fourth-order valence-electron chi connectivity index (χ4n) is 6.63. The van der Waals surface area contributed by atoms with E-state index in [1.165, 1.54) is 21.4 Å². The van der Waals surface area contributed by atoms with Crippen molar-refractivity contribution in [3.8, 4) is 0 Å². The molecule has 254 valence electrons. The second-order valence-electron chi connectivity index (χ2n) is 12.8. The number of allylic oxidation sites excluding steroid dienone is 2. The predicted molar refractivity (Wildman–Crippen MR) is 168 cm³/mol. The summed E-state index contributed by atoms with van der Waals surface area (Å²) >= 11 is 0. The third-order valence-corrected chi connectivity index (χ3v) is 9.49. The highest BCUT2D eigenvalue weighted by Crippen LogP contribution is 2.43. The van der Waals surface area contributed by atoms with Crippen molar-refractivity contribution in [2.75, 3.05) is 18.0 Å². The van der Waals surface area contributed by atoms with Gasteiger partial charge in [-0.05, 0) is 18.2 Å². The first kappa shape index (κ1) is 32.2. The number of hydrogen-bond donors (Lipinski definition) is 3. The summed E-state index contributed by atoms with van der Waals surface area (Å²) in [4.78, 5) is 48.8. The van der Waals surface area contributed by atoms with Crippen molar-refractivity contribution in [2.45, 2.75) is 42.8 Å². The molecule has 3 fully saturated rings. The largest absolute Gasteiger partial charge is 0.477 e. The van der Waals surface area contributed by atoms with E-state index in [9.17, 15) is 41.8 Å². The summed E-state index contributed by atoms with van der Waals surface area (Å²) in [5.41, 5.74) is 3.66. The first-order valence-corrected chi connectivity index (χ1v) is 15.3. The Morgan fingerprint density at radius 2 is 1.27 bits per heavy atom. The van der Waals surface area contributed by atoms with Gasteiger partial charge in [0, 0.05) is 61.1 Å². The number of nitrogens with two attached hydrogens (primary N) is 1. The van der Waals surface area contributed by atoms with Gasteiger partial charge in [-0.25, -0.2) is 31.5 Å². The molecule has 10 nitrogen and oxygen atoms in total. The van der Waals surface area contributed by atoms with Crippen LogP contribution < -0.4 is 21.5 Å². The maximum absolute atomic E-state index is 15.0. The highest BCUT2D eigenvalue weighted by atomic mass is 19.2. The molecule has 4 aliphatic rings. The molecule has 8 rings (SSSR count). The van der Waals surface area contributed by atoms with Gasteiger partial charge in [0.15, 0.2) is 11.6 Å². The Morgan fingerprint density at radius 1 is 0.776 bits per heavy atom. The Kier molecular flexibility index (Phi) is 7.50. The van der Waals surface area contributed by atoms with Crippen LogP contribution in [-0.2, 0) is 0 Å². The molecular weight excluding hydrogens is 655 g/mol. The Bertz CT molecular complexity index is 2290. The number of hydrogen-bond acceptors (Lipinski definition) is 6. The van der Waals surface area contributed by atoms with Crippen LogP contribution in [0.1, 0.15) is 45.6 Å². The topological polar surface area (TPSA) is 148 Å². The third kappa shape index (κ3) is 5.47. The minimum Gasteiger partial charge on any atom is -0.477 e. The average Bonchev–Trinajstić information content (AvgIpc) is 3.93. The normalized spacial score (nSPS) is 26.4. The molecule has 1 saturated heterocycles. The van der Waals surface area contributed by atoms with Gasteiger partial charge in [-0.1, -0.05) is 24.3 Å². The van der Waals surface area contributed by atoms with E-state index in [1.54, 1.807) is 0 Å². The van der Waals surface area contributed by atoms with Gasteiger partial charge in [0.2, 0.25) is 10.9 Å². The van der Waals surface area contributed by atoms with Crippen LogP contribution in [-0.4, -0.2) is 62.3 Å². The number of benzene rings is 2. The number of carbonyl (C=O) groups is 2. The summed E-state index contributed by atoms with van der Waals surface area (Å²) in [5, 5.41) is 18.0. The smallest absolute Gasteiger partial charge is 0.341 e. The molecular formula is C34H27F5N4O6. The van der Waals surface area contributed by atoms with Gasteiger partial charge < -0.3 is 30.0 Å². The Labute approximate surface area is 272 Å². The molecule has 15 heteroatoms. The van der Waals surface area contributed by atoms with E-state index >= 15 is 4.39 Å². The van der Waals surface area contributed by atoms with Crippen molar-refractivity contribution in [3.63, 3.8) is 0 Å². The number of halogens is 5. The zero-order valence-corrected chi connectivity index (χ0v) is 25.3. The highest BCUT2D eigenvalue weighted by Gasteiger charge is 2.43. The summed E-state index contributed by atoms with van der Waals surface area (Å²) in [6.45, 7) is 0.903. The molecule has 4 aromatic rings. The lowest BCUT2D eigenvalue weighted by atomic mass is 9.85. The summed E-state index contributed by atoms with van der Waals surface area (Å²) < 4.78 is 71.2. The SMILES string of the molecule is NC12C=CC=CC1CN(c1cc3c(cc1F)c(=O)c(C(=O)O)cn3C1CC1F)C2.O=C(O)c1cn(C2CC2F)c2cc(F)c(F)cc2c1=O. The quantitative estimate of drug-likeness (QED) is 0.258. The summed E-state index contributed by atoms with van der Waals surface area (Å²) in [6, 6.07) is 2.79. The lowest BCUT2D eigenvalue weighted by Crippen LogP contribution is -2.46. The summed E-state index contributed by atoms with van der Waals surface area (Å²) in [5.74, 6) is -5.95. The number of alkyl halides is 2. The Morgan fingerprint density at radius 3 is 1.76 bits per heavy atom. The van der Waals surface area contributed by atoms with E-state index in [-0.39, 0.29) is 40.7 Å². The number of aromatic carboxylic acids is 2. The number of carboxylic acids is 2. The molecule has 2 aromatic carbocycles. The Balaban J connectivity index is 0.000000166. The first-order valence-electron chi connectivity index (χ1n) is 15.3. The van der Waals surface area contributed by atoms with Crippen LogP contribution in [0.5, 0.6) is 0 Å². The molecule has 0 spiro atoms. The van der Waals surface area contributed by atoms with E-state index in [2.05, 4.69) is 0 Å². The van der Waals surface area contributed by atoms with E-state index in [4.69, 9.17) is 10.8 Å². The van der Waals surface area contributed by atoms with Gasteiger partial charge in [-0.15, -0.1) is 0 Å². The molecule has 2 aromatic heterocycles. The highest BCUT2D eigenvalue weighted by molar-refractivity contribution is 5.94. The number of pyridine rings is 2. The number of nitrogens with zero attached hydrogens (tertiary/aromatic N) is 3. The van der Waals surface area contributed by atoms with Crippen LogP contribution in [0.25, 0.3) is 21.8 Å². The van der Waals surface area contributed by atoms with Gasteiger partial charge in [0.05, 0.1) is 34.3 Å². The molecule has 3 aliphatic carbocycles. The van der Waals surface area contributed by atoms with Gasteiger partial charge in [-0.3, -0.25) is 9.59 Å². The van der Waals surface area contributed by atoms with Crippen molar-refractivity contribution in [1.29, 1.82) is 0 Å². The molecule has 49 heavy (non-hydrogen) atoms. The molecule has 0 amide bonds. The summed E-state index contributed by atoms with van der Waals surface area (Å²) in [7, 11) is 0. The number of aromatic nitrogens is 2. The average molecular weight is 683 g/mol. The van der Waals surface area contributed by atoms with Crippen molar-refractivity contribution >= 4 is 39.4 Å². The molecule has 0 bridgehead atoms. The standard InChI is InChI=1S/C21H19F2N3O3.C13H8F3NO3/c22-14-5-12-16(26(18-6-15(18)23)9-13(19(12)27)20(28)29)7-17(14)25-8-11-3-1-2-4-21(11,24)10-25;14-7-1-5-10(2-8(7)15)17(11-3-9(11)16)4-6(12(5)18)13(19)20/h1-5,7,9,11,15,18H,6,8,10,24H2,(H,28,29);1-2,4,9,11H,3H2,(H,19,20). The van der Waals surface area contributed by atoms with E-state index in [0.717, 1.165) is 18.3 Å². The zero-order chi connectivity index (χ0) is 35.1. The second kappa shape index (κ2) is 11.4. The molecule has 6 unspecified atom stereocenters. The molecule has 1 aliphatic heterocycles. The van der Waals surface area contributed by atoms with Crippen LogP contribution >= 0.6 is 0 Å². The molecule has 6 atom stereocenters. The van der Waals surface area contributed by atoms with Gasteiger partial charge in [0.1, 0.15) is 29.3 Å². The van der Waals surface area contributed by atoms with E-state index in [0.29, 0.717) is 24.7 Å². The lowest BCUT2D eigenvalue weighted by molar-refractivity contribution is 0.0684. The maximum Gasteiger partial charge on any atom is 0.341 e. The lowest BCUT2D eigenvalue weighted by Gasteiger charge is -2.26. The molecule has 0 radical (unpaired) electrons. The monoisotopic (exact) mass is 682 g/mol. The van der Waals surface area contributed by atoms with Crippen LogP contribution in [0.2, 0.25) is 0 Å². The summed E-state index contributed by atoms with van der Waals surface area (Å²) in [6.07, 6.45) is 7.91. The van der Waals surface area contributed by atoms with Crippen molar-refractivity contribution < 1.29 is 41.8 Å². The van der Waals surface area contributed by atoms with Crippen LogP contribution in [0, 0.1) is 23.4 Å². The molecule has 4 N–H and O–H groups in total. The van der Waals surface area contributed by atoms with Crippen LogP contribution in [0.4, 0.5) is 27.6 Å². The predicted octanol–water partition coefficient (Wildman–Crippen LogP) is 4.64. The molecule has 2 saturated carbocycles. The minimum atomic E-state index is -1.49. The number of carboxylic acid groups (broad SMARTS) is 2. The maximum atomic E-state index is 15.0. The van der Waals surface area contributed by atoms with Crippen LogP contribution in [0.3, 0.4) is 0 Å². The van der Waals surface area contributed by atoms with Gasteiger partial charge in [0.25, 0.3) is 0 Å². The van der Waals surface area contributed by atoms with E-state index in [1.807, 2.05) is 29.2 Å². The van der Waals surface area contributed by atoms with Crippen molar-refractivity contribution in [2.24, 2.45) is 11.7 Å². The minimum absolute atomic E-state index is 0.0101. The number of fused-ring (bicyclic) bond motifs is 3. The van der Waals surface area contributed by atoms with Gasteiger partial charge in [-0.2, -0.15) is 0 Å². The number of rotatable bonds is 5. The Hall–Kier alpha value is -5.31. The first-order chi connectivity index (χ1) is 23.2. The fraction of sp³-hybridized carbons (Fsp3) is 0.294.